The van der Waals surface area contributed by atoms with Gasteiger partial charge in [-0.1, -0.05) is 27.2 Å². The van der Waals surface area contributed by atoms with Crippen molar-refractivity contribution in [2.75, 3.05) is 0 Å². The Morgan fingerprint density at radius 3 is 2.27 bits per heavy atom. The standard InChI is InChI=1S/C8H17NO2/c1-4-5(2)6(3)7(10)8(9)11/h5-7,10H,4H2,1-3H3,(H2,9,11)/t5-,6+,7?/m1/s1. The molecule has 66 valence electrons. The van der Waals surface area contributed by atoms with Crippen LogP contribution in [0.3, 0.4) is 0 Å². The Kier molecular flexibility index (Phi) is 4.11. The highest BCUT2D eigenvalue weighted by molar-refractivity contribution is 5.78. The van der Waals surface area contributed by atoms with Crippen molar-refractivity contribution in [3.05, 3.63) is 0 Å². The first kappa shape index (κ1) is 10.4. The fourth-order valence-corrected chi connectivity index (χ4v) is 0.942. The fraction of sp³-hybridized carbons (Fsp3) is 0.875. The van der Waals surface area contributed by atoms with Crippen molar-refractivity contribution in [2.45, 2.75) is 33.3 Å². The Labute approximate surface area is 67.6 Å². The Bertz CT molecular complexity index is 136. The molecule has 3 N–H and O–H groups in total. The molecular formula is C8H17NO2. The highest BCUT2D eigenvalue weighted by Crippen LogP contribution is 2.17. The van der Waals surface area contributed by atoms with Crippen molar-refractivity contribution in [3.63, 3.8) is 0 Å². The lowest BCUT2D eigenvalue weighted by atomic mass is 9.88. The van der Waals surface area contributed by atoms with Gasteiger partial charge in [-0.15, -0.1) is 0 Å². The monoisotopic (exact) mass is 159 g/mol. The fourth-order valence-electron chi connectivity index (χ4n) is 0.942. The Balaban J connectivity index is 4.00. The lowest BCUT2D eigenvalue weighted by molar-refractivity contribution is -0.129. The number of carbonyl (C=O) groups excluding carboxylic acids is 1. The van der Waals surface area contributed by atoms with Gasteiger partial charge >= 0.3 is 0 Å². The van der Waals surface area contributed by atoms with Crippen LogP contribution in [0.5, 0.6) is 0 Å². The van der Waals surface area contributed by atoms with Crippen molar-refractivity contribution in [3.8, 4) is 0 Å². The van der Waals surface area contributed by atoms with Gasteiger partial charge in [0.25, 0.3) is 0 Å². The second-order valence-electron chi connectivity index (χ2n) is 3.09. The molecule has 0 aliphatic rings. The molecule has 0 saturated heterocycles. The highest BCUT2D eigenvalue weighted by atomic mass is 16.3. The number of carbonyl (C=O) groups is 1. The number of amides is 1. The summed E-state index contributed by atoms with van der Waals surface area (Å²) in [5.74, 6) is -0.340. The Morgan fingerprint density at radius 1 is 1.55 bits per heavy atom. The van der Waals surface area contributed by atoms with Gasteiger partial charge in [0.1, 0.15) is 6.10 Å². The number of aliphatic hydroxyl groups is 1. The van der Waals surface area contributed by atoms with E-state index >= 15 is 0 Å². The molecule has 3 nitrogen and oxygen atoms in total. The average Bonchev–Trinajstić information content (AvgIpc) is 2.00. The summed E-state index contributed by atoms with van der Waals surface area (Å²) in [6, 6.07) is 0. The normalized spacial score (nSPS) is 18.9. The second kappa shape index (κ2) is 4.34. The van der Waals surface area contributed by atoms with Crippen molar-refractivity contribution in [2.24, 2.45) is 17.6 Å². The lowest BCUT2D eigenvalue weighted by Crippen LogP contribution is -2.36. The van der Waals surface area contributed by atoms with Crippen LogP contribution in [0.15, 0.2) is 0 Å². The maximum atomic E-state index is 10.5. The molecule has 0 aromatic heterocycles. The van der Waals surface area contributed by atoms with E-state index in [1.165, 1.54) is 0 Å². The molecule has 0 bridgehead atoms. The van der Waals surface area contributed by atoms with E-state index in [-0.39, 0.29) is 5.92 Å². The lowest BCUT2D eigenvalue weighted by Gasteiger charge is -2.21. The zero-order valence-electron chi connectivity index (χ0n) is 7.37. The molecule has 3 atom stereocenters. The van der Waals surface area contributed by atoms with Crippen LogP contribution in [0.1, 0.15) is 27.2 Å². The summed E-state index contributed by atoms with van der Waals surface area (Å²) < 4.78 is 0. The summed E-state index contributed by atoms with van der Waals surface area (Å²) in [5.41, 5.74) is 4.94. The third kappa shape index (κ3) is 2.89. The summed E-state index contributed by atoms with van der Waals surface area (Å²) >= 11 is 0. The molecule has 0 spiro atoms. The number of hydrogen-bond donors (Lipinski definition) is 2. The zero-order chi connectivity index (χ0) is 9.02. The molecule has 3 heteroatoms. The van der Waals surface area contributed by atoms with Crippen LogP contribution in [0.2, 0.25) is 0 Å². The Morgan fingerprint density at radius 2 is 2.00 bits per heavy atom. The largest absolute Gasteiger partial charge is 0.383 e. The molecular weight excluding hydrogens is 142 g/mol. The van der Waals surface area contributed by atoms with Crippen LogP contribution in [0, 0.1) is 11.8 Å². The highest BCUT2D eigenvalue weighted by Gasteiger charge is 2.23. The summed E-state index contributed by atoms with van der Waals surface area (Å²) in [6.45, 7) is 5.86. The summed E-state index contributed by atoms with van der Waals surface area (Å²) in [7, 11) is 0. The van der Waals surface area contributed by atoms with E-state index in [0.29, 0.717) is 5.92 Å². The van der Waals surface area contributed by atoms with E-state index in [9.17, 15) is 9.90 Å². The van der Waals surface area contributed by atoms with E-state index < -0.39 is 12.0 Å². The van der Waals surface area contributed by atoms with Crippen LogP contribution < -0.4 is 5.73 Å². The van der Waals surface area contributed by atoms with Gasteiger partial charge in [0.15, 0.2) is 0 Å². The minimum Gasteiger partial charge on any atom is -0.383 e. The van der Waals surface area contributed by atoms with Gasteiger partial charge in [0.2, 0.25) is 5.91 Å². The molecule has 1 unspecified atom stereocenters. The Hall–Kier alpha value is -0.570. The van der Waals surface area contributed by atoms with Gasteiger partial charge in [0, 0.05) is 0 Å². The zero-order valence-corrected chi connectivity index (χ0v) is 7.37. The van der Waals surface area contributed by atoms with Crippen molar-refractivity contribution < 1.29 is 9.90 Å². The van der Waals surface area contributed by atoms with E-state index in [1.54, 1.807) is 0 Å². The topological polar surface area (TPSA) is 63.3 Å². The SMILES string of the molecule is CC[C@@H](C)[C@H](C)C(O)C(N)=O. The first-order valence-corrected chi connectivity index (χ1v) is 3.98. The number of primary amides is 1. The van der Waals surface area contributed by atoms with Crippen molar-refractivity contribution in [1.82, 2.24) is 0 Å². The first-order chi connectivity index (χ1) is 5.00. The van der Waals surface area contributed by atoms with Crippen LogP contribution in [-0.2, 0) is 4.79 Å². The van der Waals surface area contributed by atoms with Crippen LogP contribution in [-0.4, -0.2) is 17.1 Å². The van der Waals surface area contributed by atoms with Gasteiger partial charge < -0.3 is 10.8 Å². The van der Waals surface area contributed by atoms with Gasteiger partial charge in [-0.25, -0.2) is 0 Å². The van der Waals surface area contributed by atoms with Crippen LogP contribution in [0.4, 0.5) is 0 Å². The predicted molar refractivity (Wildman–Crippen MR) is 43.8 cm³/mol. The van der Waals surface area contributed by atoms with Crippen LogP contribution in [0.25, 0.3) is 0 Å². The summed E-state index contributed by atoms with van der Waals surface area (Å²) in [4.78, 5) is 10.5. The second-order valence-corrected chi connectivity index (χ2v) is 3.09. The van der Waals surface area contributed by atoms with Crippen molar-refractivity contribution in [1.29, 1.82) is 0 Å². The molecule has 0 fully saturated rings. The molecule has 0 aromatic carbocycles. The van der Waals surface area contributed by atoms with E-state index in [0.717, 1.165) is 6.42 Å². The van der Waals surface area contributed by atoms with Gasteiger partial charge in [-0.2, -0.15) is 0 Å². The molecule has 0 rings (SSSR count). The van der Waals surface area contributed by atoms with Gasteiger partial charge in [0.05, 0.1) is 0 Å². The van der Waals surface area contributed by atoms with Crippen LogP contribution >= 0.6 is 0 Å². The smallest absolute Gasteiger partial charge is 0.246 e. The molecule has 11 heavy (non-hydrogen) atoms. The summed E-state index contributed by atoms with van der Waals surface area (Å²) in [6.07, 6.45) is -0.0455. The third-order valence-electron chi connectivity index (χ3n) is 2.33. The molecule has 0 aliphatic carbocycles. The molecule has 0 saturated carbocycles. The number of nitrogens with two attached hydrogens (primary N) is 1. The van der Waals surface area contributed by atoms with E-state index in [1.807, 2.05) is 20.8 Å². The third-order valence-corrected chi connectivity index (χ3v) is 2.33. The summed E-state index contributed by atoms with van der Waals surface area (Å²) in [5, 5.41) is 9.22. The molecule has 0 aromatic rings. The molecule has 0 radical (unpaired) electrons. The minimum absolute atomic E-state index is 0.0440. The maximum Gasteiger partial charge on any atom is 0.246 e. The maximum absolute atomic E-state index is 10.5. The average molecular weight is 159 g/mol. The predicted octanol–water partition coefficient (Wildman–Crippen LogP) is 0.515. The first-order valence-electron chi connectivity index (χ1n) is 3.98. The van der Waals surface area contributed by atoms with Gasteiger partial charge in [-0.3, -0.25) is 4.79 Å². The molecule has 0 heterocycles. The number of rotatable bonds is 4. The quantitative estimate of drug-likeness (QED) is 0.628. The van der Waals surface area contributed by atoms with E-state index in [4.69, 9.17) is 5.73 Å². The minimum atomic E-state index is -0.995. The van der Waals surface area contributed by atoms with E-state index in [2.05, 4.69) is 0 Å². The molecule has 1 amide bonds. The van der Waals surface area contributed by atoms with Gasteiger partial charge in [-0.05, 0) is 11.8 Å². The van der Waals surface area contributed by atoms with Crippen molar-refractivity contribution >= 4 is 5.91 Å². The number of hydrogen-bond acceptors (Lipinski definition) is 2. The number of aliphatic hydroxyl groups excluding tert-OH is 1. The molecule has 0 aliphatic heterocycles.